The van der Waals surface area contributed by atoms with Crippen LogP contribution in [0.25, 0.3) is 0 Å². The Hall–Kier alpha value is -4.24. The molecule has 0 N–H and O–H groups in total. The van der Waals surface area contributed by atoms with Crippen LogP contribution in [-0.2, 0) is 5.41 Å². The summed E-state index contributed by atoms with van der Waals surface area (Å²) in [6.07, 6.45) is 7.10. The minimum absolute atomic E-state index is 0.124. The molecule has 218 valence electrons. The standard InChI is InChI=1S/C42H37BN2/c1-25-9-5-11-31(19-25)44-37-17-8-18-38-39(37)43(34-14-6-10-26(2)40(34)44)35-15-7-13-33-41(35)45(38)36-16-4-3-12-32(36)42(33)29-21-27-20-28(23-29)24-30(42)22-27/h3-19,27-30H,20-24H2,1-2H3. The number of benzene rings is 5. The molecule has 2 nitrogen and oxygen atoms in total. The molecule has 5 aromatic carbocycles. The number of hydrogen-bond donors (Lipinski definition) is 0. The molecule has 7 aliphatic rings. The number of para-hydroxylation sites is 3. The molecule has 0 saturated heterocycles. The molecule has 0 atom stereocenters. The first-order valence-electron chi connectivity index (χ1n) is 17.2. The third-order valence-corrected chi connectivity index (χ3v) is 13.0. The van der Waals surface area contributed by atoms with Crippen molar-refractivity contribution in [3.05, 3.63) is 125 Å². The molecule has 4 saturated carbocycles. The minimum atomic E-state index is 0.124. The van der Waals surface area contributed by atoms with Crippen LogP contribution in [0.1, 0.15) is 54.4 Å². The van der Waals surface area contributed by atoms with Crippen molar-refractivity contribution in [2.45, 2.75) is 51.4 Å². The average Bonchev–Trinajstić information content (AvgIpc) is 3.05. The van der Waals surface area contributed by atoms with E-state index in [1.807, 2.05) is 0 Å². The summed E-state index contributed by atoms with van der Waals surface area (Å²) in [4.78, 5) is 5.25. The van der Waals surface area contributed by atoms with Crippen LogP contribution >= 0.6 is 0 Å². The molecule has 5 aromatic rings. The molecular formula is C42H37BN2. The van der Waals surface area contributed by atoms with E-state index >= 15 is 0 Å². The van der Waals surface area contributed by atoms with Gasteiger partial charge in [-0.25, -0.2) is 0 Å². The lowest BCUT2D eigenvalue weighted by Crippen LogP contribution is -2.64. The number of rotatable bonds is 1. The Bertz CT molecular complexity index is 2070. The highest BCUT2D eigenvalue weighted by Crippen LogP contribution is 2.69. The summed E-state index contributed by atoms with van der Waals surface area (Å²) in [5.74, 6) is 3.36. The molecule has 4 bridgehead atoms. The van der Waals surface area contributed by atoms with Crippen LogP contribution in [0, 0.1) is 37.5 Å². The van der Waals surface area contributed by atoms with Gasteiger partial charge in [0.15, 0.2) is 0 Å². The van der Waals surface area contributed by atoms with Gasteiger partial charge in [0.1, 0.15) is 0 Å². The Morgan fingerprint density at radius 3 is 1.98 bits per heavy atom. The van der Waals surface area contributed by atoms with E-state index in [9.17, 15) is 0 Å². The lowest BCUT2D eigenvalue weighted by molar-refractivity contribution is -0.0419. The molecule has 4 aliphatic carbocycles. The zero-order chi connectivity index (χ0) is 29.6. The predicted molar refractivity (Wildman–Crippen MR) is 188 cm³/mol. The van der Waals surface area contributed by atoms with Crippen molar-refractivity contribution >= 4 is 57.2 Å². The van der Waals surface area contributed by atoms with Crippen LogP contribution in [0.3, 0.4) is 0 Å². The van der Waals surface area contributed by atoms with E-state index in [4.69, 9.17) is 0 Å². The van der Waals surface area contributed by atoms with E-state index in [2.05, 4.69) is 127 Å². The minimum Gasteiger partial charge on any atom is -0.311 e. The van der Waals surface area contributed by atoms with Gasteiger partial charge in [-0.1, -0.05) is 72.8 Å². The molecule has 0 radical (unpaired) electrons. The lowest BCUT2D eigenvalue weighted by atomic mass is 9.32. The smallest absolute Gasteiger partial charge is 0.252 e. The van der Waals surface area contributed by atoms with Crippen molar-refractivity contribution in [2.24, 2.45) is 23.7 Å². The van der Waals surface area contributed by atoms with Crippen LogP contribution in [0.15, 0.2) is 103 Å². The normalized spacial score (nSPS) is 27.3. The summed E-state index contributed by atoms with van der Waals surface area (Å²) in [6, 6.07) is 40.1. The maximum Gasteiger partial charge on any atom is 0.252 e. The number of aryl methyl sites for hydroxylation is 2. The van der Waals surface area contributed by atoms with E-state index in [0.717, 1.165) is 23.7 Å². The molecule has 0 aromatic heterocycles. The molecule has 4 fully saturated rings. The summed E-state index contributed by atoms with van der Waals surface area (Å²) in [6.45, 7) is 4.71. The fraction of sp³-hybridized carbons (Fsp3) is 0.286. The summed E-state index contributed by atoms with van der Waals surface area (Å²) in [5.41, 5.74) is 18.5. The average molecular weight is 581 g/mol. The van der Waals surface area contributed by atoms with Gasteiger partial charge in [0.25, 0.3) is 6.71 Å². The van der Waals surface area contributed by atoms with Gasteiger partial charge >= 0.3 is 0 Å². The van der Waals surface area contributed by atoms with Gasteiger partial charge in [-0.15, -0.1) is 0 Å². The quantitative estimate of drug-likeness (QED) is 0.180. The van der Waals surface area contributed by atoms with Gasteiger partial charge in [0.05, 0.1) is 5.69 Å². The van der Waals surface area contributed by atoms with Crippen molar-refractivity contribution in [1.29, 1.82) is 0 Å². The van der Waals surface area contributed by atoms with Crippen molar-refractivity contribution in [3.63, 3.8) is 0 Å². The Balaban J connectivity index is 1.24. The molecule has 3 heterocycles. The van der Waals surface area contributed by atoms with Gasteiger partial charge < -0.3 is 9.80 Å². The Morgan fingerprint density at radius 2 is 1.20 bits per heavy atom. The fourth-order valence-electron chi connectivity index (χ4n) is 11.8. The molecule has 12 rings (SSSR count). The highest BCUT2D eigenvalue weighted by Gasteiger charge is 2.62. The van der Waals surface area contributed by atoms with Crippen LogP contribution in [0.2, 0.25) is 0 Å². The second-order valence-corrected chi connectivity index (χ2v) is 15.1. The van der Waals surface area contributed by atoms with Crippen molar-refractivity contribution in [1.82, 2.24) is 0 Å². The Kier molecular flexibility index (Phi) is 4.73. The number of hydrogen-bond acceptors (Lipinski definition) is 2. The van der Waals surface area contributed by atoms with Crippen LogP contribution in [0.5, 0.6) is 0 Å². The van der Waals surface area contributed by atoms with Gasteiger partial charge in [0, 0.05) is 33.9 Å². The summed E-state index contributed by atoms with van der Waals surface area (Å²) >= 11 is 0. The predicted octanol–water partition coefficient (Wildman–Crippen LogP) is 8.44. The van der Waals surface area contributed by atoms with E-state index < -0.39 is 0 Å². The van der Waals surface area contributed by atoms with E-state index in [0.29, 0.717) is 0 Å². The number of fused-ring (bicyclic) bond motifs is 6. The maximum atomic E-state index is 2.70. The summed E-state index contributed by atoms with van der Waals surface area (Å²) in [7, 11) is 0. The van der Waals surface area contributed by atoms with Crippen molar-refractivity contribution in [2.75, 3.05) is 9.80 Å². The first-order valence-corrected chi connectivity index (χ1v) is 17.2. The summed E-state index contributed by atoms with van der Waals surface area (Å²) in [5, 5.41) is 0. The molecule has 45 heavy (non-hydrogen) atoms. The van der Waals surface area contributed by atoms with Crippen molar-refractivity contribution in [3.8, 4) is 0 Å². The maximum absolute atomic E-state index is 2.70. The van der Waals surface area contributed by atoms with Gasteiger partial charge in [-0.2, -0.15) is 0 Å². The Labute approximate surface area is 266 Å². The molecular weight excluding hydrogens is 543 g/mol. The topological polar surface area (TPSA) is 6.48 Å². The molecule has 0 unspecified atom stereocenters. The van der Waals surface area contributed by atoms with Gasteiger partial charge in [-0.05, 0) is 139 Å². The Morgan fingerprint density at radius 1 is 0.578 bits per heavy atom. The summed E-state index contributed by atoms with van der Waals surface area (Å²) < 4.78 is 0. The second-order valence-electron chi connectivity index (χ2n) is 15.1. The van der Waals surface area contributed by atoms with Crippen LogP contribution in [-0.4, -0.2) is 6.71 Å². The molecule has 3 heteroatoms. The van der Waals surface area contributed by atoms with Crippen LogP contribution in [0.4, 0.5) is 34.1 Å². The number of anilines is 6. The highest BCUT2D eigenvalue weighted by molar-refractivity contribution is 7.00. The van der Waals surface area contributed by atoms with E-state index in [1.54, 1.807) is 11.1 Å². The van der Waals surface area contributed by atoms with Crippen LogP contribution < -0.4 is 26.2 Å². The lowest BCUT2D eigenvalue weighted by Gasteiger charge is -2.64. The van der Waals surface area contributed by atoms with Gasteiger partial charge in [-0.3, -0.25) is 0 Å². The largest absolute Gasteiger partial charge is 0.311 e. The first kappa shape index (κ1) is 25.0. The first-order chi connectivity index (χ1) is 22.1. The zero-order valence-electron chi connectivity index (χ0n) is 26.1. The molecule has 0 amide bonds. The van der Waals surface area contributed by atoms with Crippen molar-refractivity contribution < 1.29 is 0 Å². The fourth-order valence-corrected chi connectivity index (χ4v) is 11.8. The third kappa shape index (κ3) is 2.95. The van der Waals surface area contributed by atoms with E-state index in [1.165, 1.54) is 93.7 Å². The van der Waals surface area contributed by atoms with Gasteiger partial charge in [0.2, 0.25) is 0 Å². The molecule has 3 aliphatic heterocycles. The second kappa shape index (κ2) is 8.52. The SMILES string of the molecule is Cc1cccc(N2c3cccc4c3B(c3cccc(C)c32)c2cccc3c2N4c2ccccc2C32C3CC4CC(C3)CC2C4)c1. The number of nitrogens with zero attached hydrogens (tertiary/aromatic N) is 2. The monoisotopic (exact) mass is 580 g/mol. The van der Waals surface area contributed by atoms with E-state index in [-0.39, 0.29) is 12.1 Å². The third-order valence-electron chi connectivity index (χ3n) is 13.0. The highest BCUT2D eigenvalue weighted by atomic mass is 15.2. The zero-order valence-corrected chi connectivity index (χ0v) is 26.1. The molecule has 1 spiro atoms.